The molecular formula is C18H21FN2O2. The van der Waals surface area contributed by atoms with Gasteiger partial charge in [-0.3, -0.25) is 4.79 Å². The van der Waals surface area contributed by atoms with Crippen LogP contribution in [-0.4, -0.2) is 19.1 Å². The second kappa shape index (κ2) is 8.78. The molecule has 0 saturated heterocycles. The van der Waals surface area contributed by atoms with Crippen molar-refractivity contribution in [1.29, 1.82) is 0 Å². The fourth-order valence-corrected chi connectivity index (χ4v) is 1.95. The minimum atomic E-state index is -0.381. The van der Waals surface area contributed by atoms with Crippen molar-refractivity contribution in [3.05, 3.63) is 54.3 Å². The first-order valence-electron chi connectivity index (χ1n) is 7.70. The summed E-state index contributed by atoms with van der Waals surface area (Å²) in [4.78, 5) is 11.9. The monoisotopic (exact) mass is 316 g/mol. The summed E-state index contributed by atoms with van der Waals surface area (Å²) in [5, 5.41) is 5.51. The van der Waals surface area contributed by atoms with Crippen LogP contribution in [0.4, 0.5) is 15.8 Å². The Labute approximate surface area is 135 Å². The molecule has 0 spiro atoms. The van der Waals surface area contributed by atoms with E-state index in [0.717, 1.165) is 18.6 Å². The average molecular weight is 316 g/mol. The first-order valence-corrected chi connectivity index (χ1v) is 7.70. The van der Waals surface area contributed by atoms with E-state index < -0.39 is 0 Å². The molecule has 0 bridgehead atoms. The van der Waals surface area contributed by atoms with Gasteiger partial charge in [0.25, 0.3) is 0 Å². The highest BCUT2D eigenvalue weighted by atomic mass is 19.1. The molecule has 0 aliphatic carbocycles. The zero-order valence-corrected chi connectivity index (χ0v) is 13.1. The fraction of sp³-hybridized carbons (Fsp3) is 0.278. The van der Waals surface area contributed by atoms with E-state index in [1.54, 1.807) is 30.3 Å². The number of benzene rings is 2. The molecule has 0 fully saturated rings. The number of carbonyl (C=O) groups excluding carboxylic acids is 1. The van der Waals surface area contributed by atoms with E-state index in [9.17, 15) is 9.18 Å². The molecule has 0 aromatic heterocycles. The Morgan fingerprint density at radius 2 is 1.87 bits per heavy atom. The molecule has 0 aliphatic heterocycles. The summed E-state index contributed by atoms with van der Waals surface area (Å²) in [6.07, 6.45) is 2.10. The van der Waals surface area contributed by atoms with Crippen LogP contribution in [0.1, 0.15) is 19.8 Å². The smallest absolute Gasteiger partial charge is 0.243 e. The molecule has 122 valence electrons. The lowest BCUT2D eigenvalue weighted by molar-refractivity contribution is -0.114. The van der Waals surface area contributed by atoms with Crippen LogP contribution in [0.5, 0.6) is 5.75 Å². The standard InChI is InChI=1S/C18H21FN2O2/c1-2-3-12-23-15-10-8-14(9-11-15)21-18(22)13-20-17-7-5-4-6-16(17)19/h4-11,20H,2-3,12-13H2,1H3,(H,21,22). The number of amides is 1. The number of ether oxygens (including phenoxy) is 1. The van der Waals surface area contributed by atoms with Crippen LogP contribution >= 0.6 is 0 Å². The average Bonchev–Trinajstić information content (AvgIpc) is 2.56. The van der Waals surface area contributed by atoms with Crippen LogP contribution in [0.3, 0.4) is 0 Å². The highest BCUT2D eigenvalue weighted by Crippen LogP contribution is 2.16. The van der Waals surface area contributed by atoms with Crippen molar-refractivity contribution in [2.24, 2.45) is 0 Å². The van der Waals surface area contributed by atoms with Gasteiger partial charge in [-0.2, -0.15) is 0 Å². The lowest BCUT2D eigenvalue weighted by atomic mass is 10.3. The lowest BCUT2D eigenvalue weighted by Crippen LogP contribution is -2.22. The van der Waals surface area contributed by atoms with E-state index in [4.69, 9.17) is 4.74 Å². The third-order valence-corrected chi connectivity index (χ3v) is 3.22. The molecule has 2 N–H and O–H groups in total. The molecule has 2 aromatic rings. The van der Waals surface area contributed by atoms with Crippen molar-refractivity contribution in [2.75, 3.05) is 23.8 Å². The zero-order chi connectivity index (χ0) is 16.5. The Morgan fingerprint density at radius 3 is 2.57 bits per heavy atom. The molecule has 23 heavy (non-hydrogen) atoms. The summed E-state index contributed by atoms with van der Waals surface area (Å²) in [5.74, 6) is 0.155. The Hall–Kier alpha value is -2.56. The van der Waals surface area contributed by atoms with Crippen LogP contribution in [0.2, 0.25) is 0 Å². The molecule has 5 heteroatoms. The zero-order valence-electron chi connectivity index (χ0n) is 13.1. The quantitative estimate of drug-likeness (QED) is 0.722. The molecule has 2 rings (SSSR count). The minimum Gasteiger partial charge on any atom is -0.494 e. The number of hydrogen-bond acceptors (Lipinski definition) is 3. The number of unbranched alkanes of at least 4 members (excludes halogenated alkanes) is 1. The van der Waals surface area contributed by atoms with Gasteiger partial charge in [-0.05, 0) is 42.8 Å². The Kier molecular flexibility index (Phi) is 6.41. The molecule has 0 saturated carbocycles. The Bertz CT molecular complexity index is 629. The number of nitrogens with one attached hydrogen (secondary N) is 2. The van der Waals surface area contributed by atoms with Crippen LogP contribution in [0, 0.1) is 5.82 Å². The van der Waals surface area contributed by atoms with Crippen molar-refractivity contribution in [2.45, 2.75) is 19.8 Å². The van der Waals surface area contributed by atoms with Crippen LogP contribution in [0.15, 0.2) is 48.5 Å². The normalized spacial score (nSPS) is 10.2. The highest BCUT2D eigenvalue weighted by molar-refractivity contribution is 5.93. The molecule has 2 aromatic carbocycles. The number of rotatable bonds is 8. The van der Waals surface area contributed by atoms with Crippen molar-refractivity contribution in [1.82, 2.24) is 0 Å². The van der Waals surface area contributed by atoms with Gasteiger partial charge in [-0.1, -0.05) is 25.5 Å². The third kappa shape index (κ3) is 5.62. The number of hydrogen-bond donors (Lipinski definition) is 2. The Morgan fingerprint density at radius 1 is 1.13 bits per heavy atom. The van der Waals surface area contributed by atoms with Gasteiger partial charge in [0.15, 0.2) is 0 Å². The van der Waals surface area contributed by atoms with Crippen molar-refractivity contribution in [3.63, 3.8) is 0 Å². The highest BCUT2D eigenvalue weighted by Gasteiger charge is 2.05. The fourth-order valence-electron chi connectivity index (χ4n) is 1.95. The molecule has 4 nitrogen and oxygen atoms in total. The van der Waals surface area contributed by atoms with E-state index in [2.05, 4.69) is 17.6 Å². The lowest BCUT2D eigenvalue weighted by Gasteiger charge is -2.09. The predicted octanol–water partition coefficient (Wildman–Crippen LogP) is 4.06. The molecule has 0 aliphatic rings. The van der Waals surface area contributed by atoms with Crippen LogP contribution in [-0.2, 0) is 4.79 Å². The molecule has 1 amide bonds. The Balaban J connectivity index is 1.80. The topological polar surface area (TPSA) is 50.4 Å². The maximum Gasteiger partial charge on any atom is 0.243 e. The van der Waals surface area contributed by atoms with Gasteiger partial charge in [0.2, 0.25) is 5.91 Å². The maximum absolute atomic E-state index is 13.4. The van der Waals surface area contributed by atoms with E-state index in [1.807, 2.05) is 12.1 Å². The first-order chi connectivity index (χ1) is 11.2. The minimum absolute atomic E-state index is 0.00428. The van der Waals surface area contributed by atoms with Gasteiger partial charge < -0.3 is 15.4 Å². The van der Waals surface area contributed by atoms with E-state index in [-0.39, 0.29) is 18.3 Å². The van der Waals surface area contributed by atoms with Crippen molar-refractivity contribution >= 4 is 17.3 Å². The predicted molar refractivity (Wildman–Crippen MR) is 90.4 cm³/mol. The van der Waals surface area contributed by atoms with Gasteiger partial charge in [-0.15, -0.1) is 0 Å². The van der Waals surface area contributed by atoms with Crippen LogP contribution in [0.25, 0.3) is 0 Å². The SMILES string of the molecule is CCCCOc1ccc(NC(=O)CNc2ccccc2F)cc1. The summed E-state index contributed by atoms with van der Waals surface area (Å²) in [6, 6.07) is 13.4. The second-order valence-electron chi connectivity index (χ2n) is 5.11. The molecule has 0 radical (unpaired) electrons. The number of anilines is 2. The van der Waals surface area contributed by atoms with Crippen LogP contribution < -0.4 is 15.4 Å². The van der Waals surface area contributed by atoms with Crippen molar-refractivity contribution < 1.29 is 13.9 Å². The van der Waals surface area contributed by atoms with Crippen molar-refractivity contribution in [3.8, 4) is 5.75 Å². The molecule has 0 atom stereocenters. The molecule has 0 unspecified atom stereocenters. The third-order valence-electron chi connectivity index (χ3n) is 3.22. The largest absolute Gasteiger partial charge is 0.494 e. The van der Waals surface area contributed by atoms with E-state index in [1.165, 1.54) is 6.07 Å². The summed E-state index contributed by atoms with van der Waals surface area (Å²) in [6.45, 7) is 2.79. The van der Waals surface area contributed by atoms with E-state index >= 15 is 0 Å². The summed E-state index contributed by atoms with van der Waals surface area (Å²) in [7, 11) is 0. The summed E-state index contributed by atoms with van der Waals surface area (Å²) >= 11 is 0. The van der Waals surface area contributed by atoms with Gasteiger partial charge in [0.05, 0.1) is 18.8 Å². The van der Waals surface area contributed by atoms with Gasteiger partial charge in [-0.25, -0.2) is 4.39 Å². The van der Waals surface area contributed by atoms with Gasteiger partial charge >= 0.3 is 0 Å². The number of carbonyl (C=O) groups is 1. The number of halogens is 1. The summed E-state index contributed by atoms with van der Waals surface area (Å²) < 4.78 is 19.0. The van der Waals surface area contributed by atoms with Gasteiger partial charge in [0, 0.05) is 5.69 Å². The summed E-state index contributed by atoms with van der Waals surface area (Å²) in [5.41, 5.74) is 0.982. The maximum atomic E-state index is 13.4. The van der Waals surface area contributed by atoms with E-state index in [0.29, 0.717) is 18.0 Å². The van der Waals surface area contributed by atoms with Gasteiger partial charge in [0.1, 0.15) is 11.6 Å². The molecular weight excluding hydrogens is 295 g/mol. The molecule has 0 heterocycles. The first kappa shape index (κ1) is 16.8. The second-order valence-corrected chi connectivity index (χ2v) is 5.11. The number of para-hydroxylation sites is 1.